The zero-order chi connectivity index (χ0) is 25.6. The zero-order valence-corrected chi connectivity index (χ0v) is 21.2. The van der Waals surface area contributed by atoms with Crippen LogP contribution in [0.15, 0.2) is 71.1 Å². The molecule has 1 amide bonds. The summed E-state index contributed by atoms with van der Waals surface area (Å²) < 4.78 is 36.2. The van der Waals surface area contributed by atoms with Crippen molar-refractivity contribution in [2.24, 2.45) is 0 Å². The predicted octanol–water partition coefficient (Wildman–Crippen LogP) is 6.36. The lowest BCUT2D eigenvalue weighted by atomic mass is 10.1. The van der Waals surface area contributed by atoms with Crippen molar-refractivity contribution < 1.29 is 22.1 Å². The summed E-state index contributed by atoms with van der Waals surface area (Å²) in [5, 5.41) is 12.6. The lowest BCUT2D eigenvalue weighted by molar-refractivity contribution is -0.112. The van der Waals surface area contributed by atoms with E-state index in [9.17, 15) is 18.5 Å². The number of nitriles is 1. The van der Waals surface area contributed by atoms with Crippen LogP contribution in [0.5, 0.6) is 11.5 Å². The second-order valence-electron chi connectivity index (χ2n) is 6.86. The highest BCUT2D eigenvalue weighted by molar-refractivity contribution is 7.87. The largest absolute Gasteiger partial charge is 0.490 e. The molecular weight excluding hydrogens is 535 g/mol. The van der Waals surface area contributed by atoms with Gasteiger partial charge < -0.3 is 14.2 Å². The summed E-state index contributed by atoms with van der Waals surface area (Å²) in [6, 6.07) is 16.5. The highest BCUT2D eigenvalue weighted by atomic mass is 35.5. The van der Waals surface area contributed by atoms with E-state index in [0.717, 1.165) is 0 Å². The minimum Gasteiger partial charge on any atom is -0.490 e. The van der Waals surface area contributed by atoms with Crippen LogP contribution in [0.25, 0.3) is 6.08 Å². The molecule has 3 rings (SSSR count). The molecule has 0 aliphatic rings. The van der Waals surface area contributed by atoms with Crippen LogP contribution < -0.4 is 14.2 Å². The van der Waals surface area contributed by atoms with Crippen LogP contribution in [-0.2, 0) is 14.9 Å². The van der Waals surface area contributed by atoms with Crippen molar-refractivity contribution in [3.05, 3.63) is 86.9 Å². The molecule has 0 aromatic heterocycles. The Hall–Kier alpha value is -3.22. The number of halogens is 3. The predicted molar refractivity (Wildman–Crippen MR) is 136 cm³/mol. The maximum absolute atomic E-state index is 12.7. The Balaban J connectivity index is 1.95. The first-order valence-corrected chi connectivity index (χ1v) is 12.5. The molecule has 0 heterocycles. The Kier molecular flexibility index (Phi) is 8.65. The van der Waals surface area contributed by atoms with Gasteiger partial charge in [0, 0.05) is 5.02 Å². The number of hydrogen-bond acceptors (Lipinski definition) is 6. The van der Waals surface area contributed by atoms with E-state index >= 15 is 0 Å². The highest BCUT2D eigenvalue weighted by Crippen LogP contribution is 2.39. The fourth-order valence-electron chi connectivity index (χ4n) is 2.84. The van der Waals surface area contributed by atoms with Crippen molar-refractivity contribution >= 4 is 62.6 Å². The molecule has 7 nitrogen and oxygen atoms in total. The fraction of sp³-hybridized carbons (Fsp3) is 0.0833. The van der Waals surface area contributed by atoms with Gasteiger partial charge in [0.25, 0.3) is 5.91 Å². The summed E-state index contributed by atoms with van der Waals surface area (Å²) >= 11 is 18.2. The van der Waals surface area contributed by atoms with Gasteiger partial charge in [-0.3, -0.25) is 4.79 Å². The number of nitrogens with one attached hydrogen (secondary N) is 1. The van der Waals surface area contributed by atoms with Crippen molar-refractivity contribution in [1.82, 2.24) is 0 Å². The van der Waals surface area contributed by atoms with E-state index in [0.29, 0.717) is 21.3 Å². The number of amides is 1. The number of anilines is 1. The number of carbonyl (C=O) groups is 1. The van der Waals surface area contributed by atoms with E-state index < -0.39 is 16.0 Å². The maximum atomic E-state index is 12.7. The van der Waals surface area contributed by atoms with Crippen LogP contribution >= 0.6 is 34.8 Å². The molecule has 35 heavy (non-hydrogen) atoms. The normalized spacial score (nSPS) is 11.5. The first-order chi connectivity index (χ1) is 16.6. The first kappa shape index (κ1) is 26.4. The number of ether oxygens (including phenoxy) is 1. The number of rotatable bonds is 8. The van der Waals surface area contributed by atoms with E-state index in [2.05, 4.69) is 5.32 Å². The summed E-state index contributed by atoms with van der Waals surface area (Å²) in [6.45, 7) is 1.85. The standard InChI is InChI=1S/C24H17Cl3N2O5S/c1-2-33-22-13-15(11-16(14-28)24(30)29-21-6-4-3-5-19(21)26)12-20(27)23(22)34-35(31,32)18-9-7-17(25)8-10-18/h3-13H,2H2,1H3,(H,29,30)/b16-11+. The average Bonchev–Trinajstić information content (AvgIpc) is 2.81. The van der Waals surface area contributed by atoms with Gasteiger partial charge in [0.1, 0.15) is 16.5 Å². The number of benzene rings is 3. The number of nitrogens with zero attached hydrogens (tertiary/aromatic N) is 1. The number of para-hydroxylation sites is 1. The summed E-state index contributed by atoms with van der Waals surface area (Å²) in [5.41, 5.74) is 0.399. The van der Waals surface area contributed by atoms with Crippen molar-refractivity contribution in [3.8, 4) is 17.6 Å². The molecule has 0 fully saturated rings. The number of carbonyl (C=O) groups excluding carboxylic acids is 1. The molecule has 0 spiro atoms. The molecule has 3 aromatic carbocycles. The third-order valence-corrected chi connectivity index (χ3v) is 6.52. The van der Waals surface area contributed by atoms with Crippen molar-refractivity contribution in [2.45, 2.75) is 11.8 Å². The fourth-order valence-corrected chi connectivity index (χ4v) is 4.41. The summed E-state index contributed by atoms with van der Waals surface area (Å²) in [5.74, 6) is -0.924. The molecule has 11 heteroatoms. The van der Waals surface area contributed by atoms with E-state index in [1.807, 2.05) is 6.07 Å². The van der Waals surface area contributed by atoms with E-state index in [1.165, 1.54) is 42.5 Å². The van der Waals surface area contributed by atoms with Gasteiger partial charge in [-0.15, -0.1) is 0 Å². The zero-order valence-electron chi connectivity index (χ0n) is 18.1. The molecule has 0 unspecified atom stereocenters. The Morgan fingerprint density at radius 3 is 2.37 bits per heavy atom. The molecule has 1 N–H and O–H groups in total. The summed E-state index contributed by atoms with van der Waals surface area (Å²) in [4.78, 5) is 12.5. The van der Waals surface area contributed by atoms with Gasteiger partial charge in [-0.2, -0.15) is 13.7 Å². The van der Waals surface area contributed by atoms with Crippen molar-refractivity contribution in [3.63, 3.8) is 0 Å². The van der Waals surface area contributed by atoms with Crippen molar-refractivity contribution in [2.75, 3.05) is 11.9 Å². The minimum atomic E-state index is -4.25. The van der Waals surface area contributed by atoms with Gasteiger partial charge in [-0.1, -0.05) is 46.9 Å². The molecule has 0 bridgehead atoms. The lowest BCUT2D eigenvalue weighted by Gasteiger charge is -2.14. The lowest BCUT2D eigenvalue weighted by Crippen LogP contribution is -2.13. The van der Waals surface area contributed by atoms with Gasteiger partial charge in [0.2, 0.25) is 5.75 Å². The second-order valence-corrected chi connectivity index (χ2v) is 9.66. The molecular formula is C24H17Cl3N2O5S. The van der Waals surface area contributed by atoms with Gasteiger partial charge in [-0.05, 0) is 67.1 Å². The van der Waals surface area contributed by atoms with E-state index in [1.54, 1.807) is 31.2 Å². The third-order valence-electron chi connectivity index (χ3n) is 4.43. The first-order valence-electron chi connectivity index (χ1n) is 9.98. The monoisotopic (exact) mass is 550 g/mol. The Labute approximate surface area is 217 Å². The summed E-state index contributed by atoms with van der Waals surface area (Å²) in [7, 11) is -4.25. The Morgan fingerprint density at radius 2 is 1.74 bits per heavy atom. The molecule has 3 aromatic rings. The molecule has 0 aliphatic carbocycles. The molecule has 180 valence electrons. The van der Waals surface area contributed by atoms with Crippen molar-refractivity contribution in [1.29, 1.82) is 5.26 Å². The van der Waals surface area contributed by atoms with Crippen LogP contribution in [-0.4, -0.2) is 20.9 Å². The number of hydrogen-bond donors (Lipinski definition) is 1. The molecule has 0 saturated carbocycles. The Bertz CT molecular complexity index is 1430. The maximum Gasteiger partial charge on any atom is 0.339 e. The van der Waals surface area contributed by atoms with Gasteiger partial charge in [0.05, 0.1) is 22.3 Å². The molecule has 0 radical (unpaired) electrons. The highest BCUT2D eigenvalue weighted by Gasteiger charge is 2.23. The van der Waals surface area contributed by atoms with Crippen LogP contribution in [0.1, 0.15) is 12.5 Å². The van der Waals surface area contributed by atoms with Crippen LogP contribution in [0, 0.1) is 11.3 Å². The third kappa shape index (κ3) is 6.68. The van der Waals surface area contributed by atoms with Crippen LogP contribution in [0.4, 0.5) is 5.69 Å². The van der Waals surface area contributed by atoms with E-state index in [4.69, 9.17) is 43.7 Å². The smallest absolute Gasteiger partial charge is 0.339 e. The van der Waals surface area contributed by atoms with Gasteiger partial charge >= 0.3 is 10.1 Å². The van der Waals surface area contributed by atoms with Crippen LogP contribution in [0.2, 0.25) is 15.1 Å². The molecule has 0 aliphatic heterocycles. The Morgan fingerprint density at radius 1 is 1.06 bits per heavy atom. The molecule has 0 saturated heterocycles. The minimum absolute atomic E-state index is 0.00703. The van der Waals surface area contributed by atoms with Crippen LogP contribution in [0.3, 0.4) is 0 Å². The second kappa shape index (κ2) is 11.5. The quantitative estimate of drug-likeness (QED) is 0.198. The van der Waals surface area contributed by atoms with E-state index in [-0.39, 0.29) is 33.6 Å². The average molecular weight is 552 g/mol. The molecule has 0 atom stereocenters. The van der Waals surface area contributed by atoms with Gasteiger partial charge in [-0.25, -0.2) is 0 Å². The van der Waals surface area contributed by atoms with Gasteiger partial charge in [0.15, 0.2) is 5.75 Å². The topological polar surface area (TPSA) is 105 Å². The summed E-state index contributed by atoms with van der Waals surface area (Å²) in [6.07, 6.45) is 1.28. The SMILES string of the molecule is CCOc1cc(/C=C(\C#N)C(=O)Nc2ccccc2Cl)cc(Cl)c1OS(=O)(=O)c1ccc(Cl)cc1.